The van der Waals surface area contributed by atoms with Crippen LogP contribution in [-0.2, 0) is 4.79 Å². The molecule has 0 aromatic rings. The predicted molar refractivity (Wildman–Crippen MR) is 172 cm³/mol. The molecule has 0 spiro atoms. The molecule has 0 bridgehead atoms. The van der Waals surface area contributed by atoms with Crippen LogP contribution in [0.25, 0.3) is 0 Å². The molecule has 240 valence electrons. The normalized spacial score (nSPS) is 13.8. The Balaban J connectivity index is 3.68. The van der Waals surface area contributed by atoms with Crippen LogP contribution in [0.1, 0.15) is 194 Å². The van der Waals surface area contributed by atoms with Crippen molar-refractivity contribution < 1.29 is 20.1 Å². The van der Waals surface area contributed by atoms with Gasteiger partial charge in [-0.2, -0.15) is 0 Å². The molecule has 0 aliphatic heterocycles. The van der Waals surface area contributed by atoms with Crippen LogP contribution in [-0.4, -0.2) is 46.1 Å². The number of hydrogen-bond donors (Lipinski definition) is 4. The van der Waals surface area contributed by atoms with Gasteiger partial charge in [-0.15, -0.1) is 0 Å². The van der Waals surface area contributed by atoms with Crippen molar-refractivity contribution in [2.75, 3.05) is 6.61 Å². The number of amides is 1. The van der Waals surface area contributed by atoms with Gasteiger partial charge >= 0.3 is 0 Å². The summed E-state index contributed by atoms with van der Waals surface area (Å²) in [7, 11) is 0. The summed E-state index contributed by atoms with van der Waals surface area (Å²) in [5.74, 6) is -0.470. The van der Waals surface area contributed by atoms with Crippen LogP contribution in [0.3, 0.4) is 0 Å². The molecule has 0 saturated carbocycles. The molecule has 0 aromatic carbocycles. The lowest BCUT2D eigenvalue weighted by molar-refractivity contribution is -0.131. The van der Waals surface area contributed by atoms with E-state index in [9.17, 15) is 20.1 Å². The van der Waals surface area contributed by atoms with E-state index in [1.807, 2.05) is 0 Å². The summed E-state index contributed by atoms with van der Waals surface area (Å²) in [5, 5.41) is 33.0. The Labute approximate surface area is 249 Å². The maximum atomic E-state index is 12.4. The summed E-state index contributed by atoms with van der Waals surface area (Å²) >= 11 is 0. The van der Waals surface area contributed by atoms with Gasteiger partial charge in [0.25, 0.3) is 0 Å². The minimum atomic E-state index is -1.06. The number of rotatable bonds is 32. The van der Waals surface area contributed by atoms with Crippen molar-refractivity contribution in [1.82, 2.24) is 5.32 Å². The van der Waals surface area contributed by atoms with E-state index < -0.39 is 24.2 Å². The number of hydrogen-bond acceptors (Lipinski definition) is 4. The lowest BCUT2D eigenvalue weighted by atomic mass is 10.0. The highest BCUT2D eigenvalue weighted by atomic mass is 16.3. The van der Waals surface area contributed by atoms with Crippen LogP contribution >= 0.6 is 0 Å². The average molecular weight is 570 g/mol. The van der Waals surface area contributed by atoms with E-state index in [0.29, 0.717) is 12.8 Å². The largest absolute Gasteiger partial charge is 0.394 e. The van der Waals surface area contributed by atoms with Crippen molar-refractivity contribution in [2.45, 2.75) is 212 Å². The van der Waals surface area contributed by atoms with Gasteiger partial charge in [0.05, 0.1) is 18.8 Å². The summed E-state index contributed by atoms with van der Waals surface area (Å²) in [6.45, 7) is 4.21. The van der Waals surface area contributed by atoms with Gasteiger partial charge in [-0.3, -0.25) is 4.79 Å². The van der Waals surface area contributed by atoms with Crippen molar-refractivity contribution in [3.63, 3.8) is 0 Å². The Morgan fingerprint density at radius 3 is 1.12 bits per heavy atom. The first-order valence-corrected chi connectivity index (χ1v) is 17.8. The fourth-order valence-electron chi connectivity index (χ4n) is 5.60. The summed E-state index contributed by atoms with van der Waals surface area (Å²) in [6.07, 6.45) is 32.2. The SMILES string of the molecule is CCCCCCCCCCCCCCCC(O)C(=O)NC(CO)C(O)CCCCCCCCCCCCCCC. The Morgan fingerprint density at radius 1 is 0.500 bits per heavy atom. The van der Waals surface area contributed by atoms with Gasteiger partial charge in [-0.05, 0) is 12.8 Å². The topological polar surface area (TPSA) is 89.8 Å². The predicted octanol–water partition coefficient (Wildman–Crippen LogP) is 9.15. The smallest absolute Gasteiger partial charge is 0.249 e. The molecular weight excluding hydrogens is 498 g/mol. The molecule has 0 heterocycles. The standard InChI is InChI=1S/C35H71NO4/c1-3-5-7-9-11-13-15-17-19-21-23-25-27-29-33(38)32(31-37)36-35(40)34(39)30-28-26-24-22-20-18-16-14-12-10-8-6-4-2/h32-34,37-39H,3-31H2,1-2H3,(H,36,40). The van der Waals surface area contributed by atoms with Crippen molar-refractivity contribution >= 4 is 5.91 Å². The molecule has 0 fully saturated rings. The van der Waals surface area contributed by atoms with Gasteiger partial charge < -0.3 is 20.6 Å². The third-order valence-corrected chi connectivity index (χ3v) is 8.48. The number of nitrogens with one attached hydrogen (secondary N) is 1. The molecule has 5 nitrogen and oxygen atoms in total. The first-order chi connectivity index (χ1) is 19.6. The minimum Gasteiger partial charge on any atom is -0.394 e. The summed E-state index contributed by atoms with van der Waals surface area (Å²) in [4.78, 5) is 12.4. The van der Waals surface area contributed by atoms with Crippen LogP contribution in [0.2, 0.25) is 0 Å². The first-order valence-electron chi connectivity index (χ1n) is 17.8. The molecular formula is C35H71NO4. The van der Waals surface area contributed by atoms with Crippen molar-refractivity contribution in [3.05, 3.63) is 0 Å². The Bertz CT molecular complexity index is 516. The highest BCUT2D eigenvalue weighted by Gasteiger charge is 2.23. The van der Waals surface area contributed by atoms with Gasteiger partial charge in [-0.25, -0.2) is 0 Å². The van der Waals surface area contributed by atoms with Crippen molar-refractivity contribution in [1.29, 1.82) is 0 Å². The van der Waals surface area contributed by atoms with E-state index in [4.69, 9.17) is 0 Å². The zero-order valence-corrected chi connectivity index (χ0v) is 27.0. The number of carbonyl (C=O) groups excluding carboxylic acids is 1. The van der Waals surface area contributed by atoms with E-state index in [1.165, 1.54) is 135 Å². The number of aliphatic hydroxyl groups excluding tert-OH is 3. The Morgan fingerprint density at radius 2 is 0.800 bits per heavy atom. The van der Waals surface area contributed by atoms with Crippen LogP contribution in [0.4, 0.5) is 0 Å². The molecule has 4 N–H and O–H groups in total. The van der Waals surface area contributed by atoms with E-state index in [0.717, 1.165) is 32.1 Å². The molecule has 0 rings (SSSR count). The highest BCUT2D eigenvalue weighted by molar-refractivity contribution is 5.80. The summed E-state index contributed by atoms with van der Waals surface area (Å²) in [6, 6.07) is -0.703. The zero-order valence-electron chi connectivity index (χ0n) is 27.0. The van der Waals surface area contributed by atoms with Crippen LogP contribution in [0.15, 0.2) is 0 Å². The van der Waals surface area contributed by atoms with E-state index >= 15 is 0 Å². The number of unbranched alkanes of at least 4 members (excludes halogenated alkanes) is 24. The van der Waals surface area contributed by atoms with Crippen molar-refractivity contribution in [2.24, 2.45) is 0 Å². The van der Waals surface area contributed by atoms with Gasteiger partial charge in [0, 0.05) is 0 Å². The van der Waals surface area contributed by atoms with Gasteiger partial charge in [-0.1, -0.05) is 181 Å². The Kier molecular flexibility index (Phi) is 30.8. The lowest BCUT2D eigenvalue weighted by Crippen LogP contribution is -2.49. The molecule has 0 radical (unpaired) electrons. The highest BCUT2D eigenvalue weighted by Crippen LogP contribution is 2.15. The summed E-state index contributed by atoms with van der Waals surface area (Å²) in [5.41, 5.74) is 0. The molecule has 3 atom stereocenters. The second-order valence-electron chi connectivity index (χ2n) is 12.4. The first kappa shape index (κ1) is 39.4. The fraction of sp³-hybridized carbons (Fsp3) is 0.971. The maximum absolute atomic E-state index is 12.4. The third-order valence-electron chi connectivity index (χ3n) is 8.48. The quantitative estimate of drug-likeness (QED) is 0.0608. The average Bonchev–Trinajstić information content (AvgIpc) is 2.96. The fourth-order valence-corrected chi connectivity index (χ4v) is 5.60. The van der Waals surface area contributed by atoms with Gasteiger partial charge in [0.15, 0.2) is 0 Å². The lowest BCUT2D eigenvalue weighted by Gasteiger charge is -2.23. The van der Waals surface area contributed by atoms with E-state index in [1.54, 1.807) is 0 Å². The van der Waals surface area contributed by atoms with E-state index in [-0.39, 0.29) is 6.61 Å². The van der Waals surface area contributed by atoms with Crippen molar-refractivity contribution in [3.8, 4) is 0 Å². The second-order valence-corrected chi connectivity index (χ2v) is 12.4. The third kappa shape index (κ3) is 26.3. The molecule has 0 saturated heterocycles. The molecule has 0 aromatic heterocycles. The van der Waals surface area contributed by atoms with Gasteiger partial charge in [0.1, 0.15) is 6.10 Å². The zero-order chi connectivity index (χ0) is 29.5. The number of aliphatic hydroxyl groups is 3. The Hall–Kier alpha value is -0.650. The van der Waals surface area contributed by atoms with Crippen LogP contribution < -0.4 is 5.32 Å². The molecule has 0 aliphatic carbocycles. The van der Waals surface area contributed by atoms with Crippen LogP contribution in [0.5, 0.6) is 0 Å². The molecule has 0 aliphatic rings. The molecule has 5 heteroatoms. The van der Waals surface area contributed by atoms with Crippen LogP contribution in [0, 0.1) is 0 Å². The minimum absolute atomic E-state index is 0.309. The maximum Gasteiger partial charge on any atom is 0.249 e. The monoisotopic (exact) mass is 570 g/mol. The number of carbonyl (C=O) groups is 1. The molecule has 1 amide bonds. The van der Waals surface area contributed by atoms with Gasteiger partial charge in [0.2, 0.25) is 5.91 Å². The molecule has 40 heavy (non-hydrogen) atoms. The van der Waals surface area contributed by atoms with E-state index in [2.05, 4.69) is 19.2 Å². The molecule has 3 unspecified atom stereocenters. The second kappa shape index (κ2) is 31.3. The summed E-state index contributed by atoms with van der Waals surface area (Å²) < 4.78 is 0.